The number of aromatic nitrogens is 4. The van der Waals surface area contributed by atoms with E-state index < -0.39 is 23.8 Å². The molecule has 2 heterocycles. The van der Waals surface area contributed by atoms with Gasteiger partial charge in [-0.2, -0.15) is 4.68 Å². The van der Waals surface area contributed by atoms with Crippen molar-refractivity contribution in [2.24, 2.45) is 5.92 Å². The van der Waals surface area contributed by atoms with Crippen molar-refractivity contribution in [3.8, 4) is 5.69 Å². The minimum Gasteiger partial charge on any atom is -0.456 e. The van der Waals surface area contributed by atoms with Crippen molar-refractivity contribution in [1.29, 1.82) is 0 Å². The van der Waals surface area contributed by atoms with Gasteiger partial charge in [0, 0.05) is 0 Å². The summed E-state index contributed by atoms with van der Waals surface area (Å²) in [6.07, 6.45) is 0.286. The van der Waals surface area contributed by atoms with E-state index in [-0.39, 0.29) is 18.9 Å². The van der Waals surface area contributed by atoms with E-state index in [1.165, 1.54) is 4.68 Å². The lowest BCUT2D eigenvalue weighted by molar-refractivity contribution is -0.150. The van der Waals surface area contributed by atoms with Crippen LogP contribution in [-0.4, -0.2) is 48.9 Å². The highest BCUT2D eigenvalue weighted by atomic mass is 16.5. The molecule has 0 N–H and O–H groups in total. The molecule has 9 nitrogen and oxygen atoms in total. The Morgan fingerprint density at radius 3 is 2.19 bits per heavy atom. The Labute approximate surface area is 178 Å². The third kappa shape index (κ3) is 3.94. The molecule has 1 atom stereocenters. The summed E-state index contributed by atoms with van der Waals surface area (Å²) < 4.78 is 6.94. The van der Waals surface area contributed by atoms with E-state index in [1.807, 2.05) is 44.2 Å². The topological polar surface area (TPSA) is 107 Å². The number of esters is 1. The van der Waals surface area contributed by atoms with Crippen LogP contribution in [0, 0.1) is 5.92 Å². The summed E-state index contributed by atoms with van der Waals surface area (Å²) in [6.45, 7) is 3.63. The number of imide groups is 1. The molecule has 31 heavy (non-hydrogen) atoms. The standard InChI is InChI=1S/C22H21N5O4/c1-14(2)12-18(26-20(28)16-10-6-7-11-17(16)21(26)29)22(30)31-13-19-23-24-25-27(19)15-8-4-3-5-9-15/h3-11,14,18H,12-13H2,1-2H3. The molecule has 1 aromatic heterocycles. The highest BCUT2D eigenvalue weighted by Crippen LogP contribution is 2.27. The van der Waals surface area contributed by atoms with E-state index in [4.69, 9.17) is 4.74 Å². The van der Waals surface area contributed by atoms with Crippen LogP contribution in [0.15, 0.2) is 54.6 Å². The maximum absolute atomic E-state index is 13.0. The Morgan fingerprint density at radius 1 is 0.968 bits per heavy atom. The molecule has 2 aromatic carbocycles. The maximum Gasteiger partial charge on any atom is 0.329 e. The van der Waals surface area contributed by atoms with Crippen molar-refractivity contribution in [1.82, 2.24) is 25.1 Å². The Morgan fingerprint density at radius 2 is 1.58 bits per heavy atom. The predicted molar refractivity (Wildman–Crippen MR) is 109 cm³/mol. The number of fused-ring (bicyclic) bond motifs is 1. The summed E-state index contributed by atoms with van der Waals surface area (Å²) in [5.74, 6) is -1.28. The van der Waals surface area contributed by atoms with Crippen molar-refractivity contribution in [2.45, 2.75) is 32.9 Å². The molecule has 1 aliphatic rings. The SMILES string of the molecule is CC(C)CC(C(=O)OCc1nnnn1-c1ccccc1)N1C(=O)c2ccccc2C1=O. The number of benzene rings is 2. The monoisotopic (exact) mass is 419 g/mol. The van der Waals surface area contributed by atoms with E-state index in [0.29, 0.717) is 17.0 Å². The smallest absolute Gasteiger partial charge is 0.329 e. The van der Waals surface area contributed by atoms with Gasteiger partial charge < -0.3 is 4.74 Å². The van der Waals surface area contributed by atoms with Crippen molar-refractivity contribution in [2.75, 3.05) is 0 Å². The molecule has 0 fully saturated rings. The van der Waals surface area contributed by atoms with Gasteiger partial charge in [-0.3, -0.25) is 14.5 Å². The average molecular weight is 419 g/mol. The highest BCUT2D eigenvalue weighted by Gasteiger charge is 2.43. The lowest BCUT2D eigenvalue weighted by Crippen LogP contribution is -2.46. The van der Waals surface area contributed by atoms with Crippen LogP contribution in [0.25, 0.3) is 5.69 Å². The van der Waals surface area contributed by atoms with Crippen molar-refractivity contribution < 1.29 is 19.1 Å². The van der Waals surface area contributed by atoms with Gasteiger partial charge in [0.15, 0.2) is 12.4 Å². The fourth-order valence-corrected chi connectivity index (χ4v) is 3.54. The van der Waals surface area contributed by atoms with Crippen LogP contribution in [0.3, 0.4) is 0 Å². The predicted octanol–water partition coefficient (Wildman–Crippen LogP) is 2.42. The van der Waals surface area contributed by atoms with Gasteiger partial charge in [0.1, 0.15) is 6.04 Å². The Bertz CT molecular complexity index is 1090. The van der Waals surface area contributed by atoms with Crippen molar-refractivity contribution in [3.63, 3.8) is 0 Å². The van der Waals surface area contributed by atoms with Crippen LogP contribution in [-0.2, 0) is 16.1 Å². The van der Waals surface area contributed by atoms with E-state index >= 15 is 0 Å². The summed E-state index contributed by atoms with van der Waals surface area (Å²) in [7, 11) is 0. The molecule has 3 aromatic rings. The van der Waals surface area contributed by atoms with Gasteiger partial charge in [-0.25, -0.2) is 4.79 Å². The first kappa shape index (κ1) is 20.4. The number of tetrazole rings is 1. The first-order valence-corrected chi connectivity index (χ1v) is 9.93. The van der Waals surface area contributed by atoms with Gasteiger partial charge in [-0.05, 0) is 47.0 Å². The fraction of sp³-hybridized carbons (Fsp3) is 0.273. The Balaban J connectivity index is 1.54. The zero-order chi connectivity index (χ0) is 22.0. The summed E-state index contributed by atoms with van der Waals surface area (Å²) in [6, 6.07) is 14.7. The number of hydrogen-bond donors (Lipinski definition) is 0. The Hall–Kier alpha value is -3.88. The second-order valence-electron chi connectivity index (χ2n) is 7.62. The Kier molecular flexibility index (Phi) is 5.57. The van der Waals surface area contributed by atoms with E-state index in [2.05, 4.69) is 15.5 Å². The summed E-state index contributed by atoms with van der Waals surface area (Å²) >= 11 is 0. The van der Waals surface area contributed by atoms with Crippen LogP contribution < -0.4 is 0 Å². The second-order valence-corrected chi connectivity index (χ2v) is 7.62. The molecule has 0 saturated heterocycles. The van der Waals surface area contributed by atoms with Gasteiger partial charge in [0.05, 0.1) is 16.8 Å². The number of ether oxygens (including phenoxy) is 1. The molecular weight excluding hydrogens is 398 g/mol. The average Bonchev–Trinajstić information content (AvgIpc) is 3.34. The zero-order valence-electron chi connectivity index (χ0n) is 17.1. The second kappa shape index (κ2) is 8.47. The van der Waals surface area contributed by atoms with Crippen LogP contribution in [0.5, 0.6) is 0 Å². The summed E-state index contributed by atoms with van der Waals surface area (Å²) in [4.78, 5) is 39.7. The number of para-hydroxylation sites is 1. The number of rotatable bonds is 7. The van der Waals surface area contributed by atoms with Gasteiger partial charge >= 0.3 is 5.97 Å². The van der Waals surface area contributed by atoms with Crippen LogP contribution in [0.4, 0.5) is 0 Å². The molecule has 158 valence electrons. The third-order valence-electron chi connectivity index (χ3n) is 4.98. The van der Waals surface area contributed by atoms with E-state index in [0.717, 1.165) is 10.6 Å². The first-order chi connectivity index (χ1) is 15.0. The summed E-state index contributed by atoms with van der Waals surface area (Å²) in [5.41, 5.74) is 1.31. The first-order valence-electron chi connectivity index (χ1n) is 9.93. The number of nitrogens with zero attached hydrogens (tertiary/aromatic N) is 5. The van der Waals surface area contributed by atoms with Gasteiger partial charge in [-0.15, -0.1) is 5.10 Å². The number of hydrogen-bond acceptors (Lipinski definition) is 7. The molecule has 9 heteroatoms. The normalized spacial score (nSPS) is 14.1. The molecule has 2 amide bonds. The van der Waals surface area contributed by atoms with Gasteiger partial charge in [0.2, 0.25) is 0 Å². The van der Waals surface area contributed by atoms with Gasteiger partial charge in [0.25, 0.3) is 11.8 Å². The minimum absolute atomic E-state index is 0.0523. The molecule has 0 spiro atoms. The lowest BCUT2D eigenvalue weighted by atomic mass is 10.0. The molecule has 0 bridgehead atoms. The van der Waals surface area contributed by atoms with E-state index in [1.54, 1.807) is 24.3 Å². The maximum atomic E-state index is 13.0. The van der Waals surface area contributed by atoms with Crippen LogP contribution >= 0.6 is 0 Å². The molecule has 4 rings (SSSR count). The van der Waals surface area contributed by atoms with Crippen molar-refractivity contribution >= 4 is 17.8 Å². The number of carbonyl (C=O) groups is 3. The molecule has 0 aliphatic carbocycles. The third-order valence-corrected chi connectivity index (χ3v) is 4.98. The van der Waals surface area contributed by atoms with Gasteiger partial charge in [-0.1, -0.05) is 44.2 Å². The summed E-state index contributed by atoms with van der Waals surface area (Å²) in [5, 5.41) is 11.5. The zero-order valence-corrected chi connectivity index (χ0v) is 17.1. The molecular formula is C22H21N5O4. The van der Waals surface area contributed by atoms with Crippen LogP contribution in [0.2, 0.25) is 0 Å². The molecule has 0 radical (unpaired) electrons. The molecule has 1 unspecified atom stereocenters. The van der Waals surface area contributed by atoms with E-state index in [9.17, 15) is 14.4 Å². The minimum atomic E-state index is -1.03. The molecule has 0 saturated carbocycles. The number of amides is 2. The highest BCUT2D eigenvalue weighted by molar-refractivity contribution is 6.22. The fourth-order valence-electron chi connectivity index (χ4n) is 3.54. The van der Waals surface area contributed by atoms with Crippen molar-refractivity contribution in [3.05, 3.63) is 71.5 Å². The molecule has 1 aliphatic heterocycles. The quantitative estimate of drug-likeness (QED) is 0.427. The lowest BCUT2D eigenvalue weighted by Gasteiger charge is -2.25. The number of carbonyl (C=O) groups excluding carboxylic acids is 3. The largest absolute Gasteiger partial charge is 0.456 e. The van der Waals surface area contributed by atoms with Crippen LogP contribution in [0.1, 0.15) is 46.8 Å².